The lowest BCUT2D eigenvalue weighted by atomic mass is 10.1. The number of rotatable bonds is 5. The highest BCUT2D eigenvalue weighted by atomic mass is 16.3. The molecule has 16 heavy (non-hydrogen) atoms. The highest BCUT2D eigenvalue weighted by Crippen LogP contribution is 2.00. The van der Waals surface area contributed by atoms with Crippen LogP contribution in [0.25, 0.3) is 0 Å². The molecule has 5 nitrogen and oxygen atoms in total. The number of piperazine rings is 1. The molecule has 5 heteroatoms. The zero-order valence-electron chi connectivity index (χ0n) is 10.2. The Morgan fingerprint density at radius 1 is 1.44 bits per heavy atom. The van der Waals surface area contributed by atoms with Gasteiger partial charge in [0.15, 0.2) is 0 Å². The van der Waals surface area contributed by atoms with Gasteiger partial charge in [0, 0.05) is 38.8 Å². The van der Waals surface area contributed by atoms with Crippen LogP contribution in [0.15, 0.2) is 0 Å². The van der Waals surface area contributed by atoms with Gasteiger partial charge in [0.05, 0.1) is 6.04 Å². The number of carbonyl (C=O) groups is 1. The minimum absolute atomic E-state index is 0.116. The van der Waals surface area contributed by atoms with Crippen LogP contribution in [-0.4, -0.2) is 60.8 Å². The maximum Gasteiger partial charge on any atom is 0.241 e. The molecule has 1 rings (SSSR count). The van der Waals surface area contributed by atoms with Gasteiger partial charge in [-0.15, -0.1) is 0 Å². The Bertz CT molecular complexity index is 209. The third-order valence-corrected chi connectivity index (χ3v) is 2.92. The van der Waals surface area contributed by atoms with E-state index in [0.717, 1.165) is 6.54 Å². The highest BCUT2D eigenvalue weighted by Gasteiger charge is 2.26. The van der Waals surface area contributed by atoms with E-state index in [4.69, 9.17) is 5.11 Å². The van der Waals surface area contributed by atoms with Crippen LogP contribution in [0.3, 0.4) is 0 Å². The molecule has 0 aromatic heterocycles. The Morgan fingerprint density at radius 2 is 2.19 bits per heavy atom. The molecule has 0 aliphatic carbocycles. The third kappa shape index (κ3) is 3.73. The van der Waals surface area contributed by atoms with Crippen LogP contribution in [-0.2, 0) is 4.79 Å². The average Bonchev–Trinajstić information content (AvgIpc) is 2.30. The van der Waals surface area contributed by atoms with Crippen LogP contribution in [0.4, 0.5) is 0 Å². The van der Waals surface area contributed by atoms with Gasteiger partial charge in [-0.3, -0.25) is 4.79 Å². The van der Waals surface area contributed by atoms with Gasteiger partial charge in [-0.25, -0.2) is 0 Å². The molecule has 1 aliphatic heterocycles. The molecule has 1 saturated heterocycles. The monoisotopic (exact) mass is 229 g/mol. The Kier molecular flexibility index (Phi) is 5.73. The van der Waals surface area contributed by atoms with E-state index in [1.807, 2.05) is 6.92 Å². The van der Waals surface area contributed by atoms with Gasteiger partial charge in [-0.1, -0.05) is 0 Å². The summed E-state index contributed by atoms with van der Waals surface area (Å²) in [5.41, 5.74) is 0. The molecule has 3 N–H and O–H groups in total. The fraction of sp³-hybridized carbons (Fsp3) is 0.909. The van der Waals surface area contributed by atoms with Crippen molar-refractivity contribution in [3.8, 4) is 0 Å². The van der Waals surface area contributed by atoms with Crippen molar-refractivity contribution >= 4 is 5.91 Å². The summed E-state index contributed by atoms with van der Waals surface area (Å²) in [7, 11) is 0. The fourth-order valence-corrected chi connectivity index (χ4v) is 1.86. The van der Waals surface area contributed by atoms with Crippen molar-refractivity contribution in [3.05, 3.63) is 0 Å². The molecule has 0 aromatic carbocycles. The first-order chi connectivity index (χ1) is 7.69. The van der Waals surface area contributed by atoms with Crippen molar-refractivity contribution in [2.24, 2.45) is 0 Å². The fourth-order valence-electron chi connectivity index (χ4n) is 1.86. The van der Waals surface area contributed by atoms with Gasteiger partial charge in [-0.2, -0.15) is 0 Å². The number of hydrogen-bond acceptors (Lipinski definition) is 4. The molecular formula is C11H23N3O2. The predicted octanol–water partition coefficient (Wildman–Crippen LogP) is -0.833. The van der Waals surface area contributed by atoms with Crippen molar-refractivity contribution in [3.63, 3.8) is 0 Å². The molecule has 1 aliphatic rings. The van der Waals surface area contributed by atoms with E-state index in [1.54, 1.807) is 4.90 Å². The molecule has 1 fully saturated rings. The normalized spacial score (nSPS) is 25.4. The van der Waals surface area contributed by atoms with E-state index < -0.39 is 0 Å². The van der Waals surface area contributed by atoms with E-state index >= 15 is 0 Å². The van der Waals surface area contributed by atoms with E-state index in [1.165, 1.54) is 0 Å². The maximum absolute atomic E-state index is 12.1. The number of aliphatic hydroxyl groups excluding tert-OH is 1. The average molecular weight is 229 g/mol. The lowest BCUT2D eigenvalue weighted by molar-refractivity contribution is -0.133. The summed E-state index contributed by atoms with van der Waals surface area (Å²) in [6, 6.07) is 0.311. The molecule has 0 radical (unpaired) electrons. The predicted molar refractivity (Wildman–Crippen MR) is 63.2 cm³/mol. The van der Waals surface area contributed by atoms with Crippen molar-refractivity contribution < 1.29 is 9.90 Å². The number of nitrogens with zero attached hydrogens (tertiary/aromatic N) is 1. The van der Waals surface area contributed by atoms with Gasteiger partial charge in [0.25, 0.3) is 0 Å². The third-order valence-electron chi connectivity index (χ3n) is 2.92. The van der Waals surface area contributed by atoms with Crippen LogP contribution < -0.4 is 10.6 Å². The summed E-state index contributed by atoms with van der Waals surface area (Å²) >= 11 is 0. The van der Waals surface area contributed by atoms with Crippen LogP contribution >= 0.6 is 0 Å². The van der Waals surface area contributed by atoms with E-state index in [9.17, 15) is 4.79 Å². The quantitative estimate of drug-likeness (QED) is 0.575. The molecule has 0 aromatic rings. The van der Waals surface area contributed by atoms with E-state index in [2.05, 4.69) is 17.6 Å². The molecular weight excluding hydrogens is 206 g/mol. The van der Waals surface area contributed by atoms with E-state index in [-0.39, 0.29) is 18.6 Å². The lowest BCUT2D eigenvalue weighted by Gasteiger charge is -2.32. The van der Waals surface area contributed by atoms with E-state index in [0.29, 0.717) is 32.1 Å². The van der Waals surface area contributed by atoms with Crippen LogP contribution in [0.1, 0.15) is 20.3 Å². The largest absolute Gasteiger partial charge is 0.396 e. The first-order valence-corrected chi connectivity index (χ1v) is 6.05. The van der Waals surface area contributed by atoms with Crippen LogP contribution in [0.2, 0.25) is 0 Å². The minimum Gasteiger partial charge on any atom is -0.396 e. The molecule has 94 valence electrons. The molecule has 2 unspecified atom stereocenters. The summed E-state index contributed by atoms with van der Waals surface area (Å²) in [6.45, 7) is 7.05. The first kappa shape index (κ1) is 13.4. The summed E-state index contributed by atoms with van der Waals surface area (Å²) in [4.78, 5) is 13.9. The van der Waals surface area contributed by atoms with Crippen molar-refractivity contribution in [2.75, 3.05) is 32.8 Å². The van der Waals surface area contributed by atoms with Crippen LogP contribution in [0.5, 0.6) is 0 Å². The summed E-state index contributed by atoms with van der Waals surface area (Å²) in [5.74, 6) is 0.135. The van der Waals surface area contributed by atoms with Crippen molar-refractivity contribution in [1.29, 1.82) is 0 Å². The smallest absolute Gasteiger partial charge is 0.241 e. The maximum atomic E-state index is 12.1. The second-order valence-corrected chi connectivity index (χ2v) is 4.27. The lowest BCUT2D eigenvalue weighted by Crippen LogP contribution is -2.59. The number of likely N-dealkylation sites (N-methyl/N-ethyl adjacent to an activating group) is 1. The Labute approximate surface area is 97.2 Å². The molecule has 0 saturated carbocycles. The SMILES string of the molecule is CCN(CCCO)C(=O)C1CNC(C)CN1. The molecule has 1 amide bonds. The number of carbonyl (C=O) groups excluding carboxylic acids is 1. The van der Waals surface area contributed by atoms with Gasteiger partial charge in [-0.05, 0) is 20.3 Å². The second kappa shape index (κ2) is 6.83. The first-order valence-electron chi connectivity index (χ1n) is 6.05. The van der Waals surface area contributed by atoms with Crippen molar-refractivity contribution in [1.82, 2.24) is 15.5 Å². The summed E-state index contributed by atoms with van der Waals surface area (Å²) in [6.07, 6.45) is 0.649. The zero-order valence-corrected chi connectivity index (χ0v) is 10.2. The molecule has 2 atom stereocenters. The number of aliphatic hydroxyl groups is 1. The van der Waals surface area contributed by atoms with Gasteiger partial charge in [0.2, 0.25) is 5.91 Å². The van der Waals surface area contributed by atoms with Gasteiger partial charge >= 0.3 is 0 Å². The van der Waals surface area contributed by atoms with Crippen molar-refractivity contribution in [2.45, 2.75) is 32.4 Å². The Balaban J connectivity index is 2.41. The second-order valence-electron chi connectivity index (χ2n) is 4.27. The zero-order chi connectivity index (χ0) is 12.0. The Hall–Kier alpha value is -0.650. The topological polar surface area (TPSA) is 64.6 Å². The summed E-state index contributed by atoms with van der Waals surface area (Å²) < 4.78 is 0. The number of hydrogen-bond donors (Lipinski definition) is 3. The van der Waals surface area contributed by atoms with Gasteiger partial charge in [0.1, 0.15) is 0 Å². The number of amides is 1. The molecule has 0 spiro atoms. The van der Waals surface area contributed by atoms with Crippen LogP contribution in [0, 0.1) is 0 Å². The standard InChI is InChI=1S/C11H23N3O2/c1-3-14(5-4-6-15)11(16)10-8-12-9(2)7-13-10/h9-10,12-13,15H,3-8H2,1-2H3. The van der Waals surface area contributed by atoms with Gasteiger partial charge < -0.3 is 20.6 Å². The number of nitrogens with one attached hydrogen (secondary N) is 2. The highest BCUT2D eigenvalue weighted by molar-refractivity contribution is 5.82. The minimum atomic E-state index is -0.116. The molecule has 1 heterocycles. The molecule has 0 bridgehead atoms. The Morgan fingerprint density at radius 3 is 2.69 bits per heavy atom. The summed E-state index contributed by atoms with van der Waals surface area (Å²) in [5, 5.41) is 15.3.